The smallest absolute Gasteiger partial charge is 0.147 e. The maximum atomic E-state index is 2.56. The van der Waals surface area contributed by atoms with Crippen LogP contribution >= 0.6 is 24.8 Å². The van der Waals surface area contributed by atoms with Crippen LogP contribution < -0.4 is 0 Å². The van der Waals surface area contributed by atoms with Crippen LogP contribution in [-0.2, 0) is 46.5 Å². The maximum absolute atomic E-state index is 2.56. The second kappa shape index (κ2) is 19.5. The molecule has 0 saturated heterocycles. The van der Waals surface area contributed by atoms with Crippen molar-refractivity contribution < 1.29 is 46.5 Å². The van der Waals surface area contributed by atoms with E-state index in [2.05, 4.69) is 102 Å². The first-order valence-electron chi connectivity index (χ1n) is 15.5. The van der Waals surface area contributed by atoms with E-state index >= 15 is 0 Å². The van der Waals surface area contributed by atoms with E-state index in [1.807, 2.05) is 6.56 Å². The third kappa shape index (κ3) is 12.1. The topological polar surface area (TPSA) is 0 Å². The molecule has 0 saturated carbocycles. The fourth-order valence-electron chi connectivity index (χ4n) is 5.90. The second-order valence-electron chi connectivity index (χ2n) is 11.8. The van der Waals surface area contributed by atoms with Gasteiger partial charge in [-0.15, -0.1) is 24.8 Å². The largest absolute Gasteiger partial charge is 0.147 e. The van der Waals surface area contributed by atoms with Crippen molar-refractivity contribution in [2.45, 2.75) is 125 Å². The quantitative estimate of drug-likeness (QED) is 0.166. The van der Waals surface area contributed by atoms with Gasteiger partial charge < -0.3 is 0 Å². The number of allylic oxidation sites excluding steroid dienone is 16. The summed E-state index contributed by atoms with van der Waals surface area (Å²) in [6.07, 6.45) is 40.1. The van der Waals surface area contributed by atoms with E-state index in [-0.39, 0.29) is 24.8 Å². The van der Waals surface area contributed by atoms with Crippen molar-refractivity contribution >= 4 is 24.8 Å². The fourth-order valence-corrected chi connectivity index (χ4v) is 14.6. The molecule has 220 valence electrons. The van der Waals surface area contributed by atoms with Crippen molar-refractivity contribution in [1.82, 2.24) is 0 Å². The monoisotopic (exact) mass is 736 g/mol. The SMILES string of the molecule is CCCC1=C[C](C)([Zr][C]2(C)C=CC(CCC)=C2)C=C1.CCCCC1=[C]([Zr][C]2=C(CCCC)C=CC2)CC=C1.Cl.Cl. The summed E-state index contributed by atoms with van der Waals surface area (Å²) in [6, 6.07) is 0. The second-order valence-corrected chi connectivity index (χ2v) is 21.3. The van der Waals surface area contributed by atoms with E-state index in [9.17, 15) is 0 Å². The molecule has 4 rings (SSSR count). The standard InChI is InChI=1S/4C9H13.2ClH.2Zr/c2*1-3-4-9-6-5-8(2)7-9;2*1-2-3-6-9-7-4-5-8-9;;;;/h2*5-7H,3-4H2,1-2H3;2*4,7H,2-3,5-6H2,1H3;2*1H;;. The summed E-state index contributed by atoms with van der Waals surface area (Å²) in [5, 5.41) is 0. The Hall–Kier alpha value is 0.266. The molecule has 4 aliphatic carbocycles. The van der Waals surface area contributed by atoms with Crippen molar-refractivity contribution in [3.8, 4) is 0 Å². The number of rotatable bonds is 14. The molecule has 0 fully saturated rings. The number of hydrogen-bond acceptors (Lipinski definition) is 0. The van der Waals surface area contributed by atoms with Gasteiger partial charge in [-0.2, -0.15) is 0 Å². The molecule has 0 radical (unpaired) electrons. The molecule has 2 atom stereocenters. The number of halogens is 2. The molecule has 0 aliphatic heterocycles. The Bertz CT molecular complexity index is 971. The van der Waals surface area contributed by atoms with Gasteiger partial charge in [0.05, 0.1) is 0 Å². The third-order valence-corrected chi connectivity index (χ3v) is 16.1. The first kappa shape index (κ1) is 38.3. The van der Waals surface area contributed by atoms with Crippen LogP contribution in [0.2, 0.25) is 6.25 Å². The van der Waals surface area contributed by atoms with Crippen LogP contribution in [0, 0.1) is 0 Å². The molecule has 0 heterocycles. The van der Waals surface area contributed by atoms with Gasteiger partial charge in [0.15, 0.2) is 0 Å². The van der Waals surface area contributed by atoms with Gasteiger partial charge in [0.2, 0.25) is 0 Å². The fraction of sp³-hybridized carbons (Fsp3) is 0.556. The molecule has 0 bridgehead atoms. The first-order valence-corrected chi connectivity index (χ1v) is 20.4. The molecule has 0 nitrogen and oxygen atoms in total. The van der Waals surface area contributed by atoms with E-state index in [1.54, 1.807) is 22.3 Å². The predicted octanol–water partition coefficient (Wildman–Crippen LogP) is 12.7. The Labute approximate surface area is 283 Å². The van der Waals surface area contributed by atoms with E-state index in [0.29, 0.717) is 6.25 Å². The summed E-state index contributed by atoms with van der Waals surface area (Å²) in [5.74, 6) is 0. The molecular formula is C36H54Cl2Zr2. The van der Waals surface area contributed by atoms with Crippen LogP contribution in [0.5, 0.6) is 0 Å². The molecule has 40 heavy (non-hydrogen) atoms. The van der Waals surface area contributed by atoms with Crippen LogP contribution in [0.3, 0.4) is 0 Å². The molecule has 4 aliphatic rings. The summed E-state index contributed by atoms with van der Waals surface area (Å²) in [6.45, 7) is 14.0. The Morgan fingerprint density at radius 1 is 0.600 bits per heavy atom. The zero-order chi connectivity index (χ0) is 27.4. The van der Waals surface area contributed by atoms with E-state index < -0.39 is 46.5 Å². The summed E-state index contributed by atoms with van der Waals surface area (Å²) in [7, 11) is 0. The van der Waals surface area contributed by atoms with Gasteiger partial charge in [0.1, 0.15) is 0 Å². The minimum Gasteiger partial charge on any atom is -0.147 e. The molecule has 0 aromatic carbocycles. The zero-order valence-corrected chi connectivity index (χ0v) is 32.6. The van der Waals surface area contributed by atoms with E-state index in [1.165, 1.54) is 77.0 Å². The minimum absolute atomic E-state index is 0. The van der Waals surface area contributed by atoms with Gasteiger partial charge in [-0.3, -0.25) is 0 Å². The van der Waals surface area contributed by atoms with Crippen LogP contribution in [0.1, 0.15) is 119 Å². The third-order valence-electron chi connectivity index (χ3n) is 7.83. The van der Waals surface area contributed by atoms with Gasteiger partial charge in [-0.25, -0.2) is 0 Å². The van der Waals surface area contributed by atoms with Crippen molar-refractivity contribution in [3.05, 3.63) is 89.6 Å². The van der Waals surface area contributed by atoms with Crippen molar-refractivity contribution in [1.29, 1.82) is 0 Å². The summed E-state index contributed by atoms with van der Waals surface area (Å²) in [4.78, 5) is 0. The molecule has 0 N–H and O–H groups in total. The van der Waals surface area contributed by atoms with E-state index in [0.717, 1.165) is 0 Å². The summed E-state index contributed by atoms with van der Waals surface area (Å²) >= 11 is -1.04. The van der Waals surface area contributed by atoms with Gasteiger partial charge in [0.25, 0.3) is 0 Å². The Morgan fingerprint density at radius 2 is 1.02 bits per heavy atom. The maximum Gasteiger partial charge on any atom is -0.147 e. The van der Waals surface area contributed by atoms with Crippen molar-refractivity contribution in [2.75, 3.05) is 0 Å². The first-order chi connectivity index (χ1) is 18.3. The average molecular weight is 740 g/mol. The zero-order valence-electron chi connectivity index (χ0n) is 26.1. The van der Waals surface area contributed by atoms with Crippen molar-refractivity contribution in [2.24, 2.45) is 0 Å². The van der Waals surface area contributed by atoms with Crippen LogP contribution in [0.25, 0.3) is 0 Å². The molecule has 4 heteroatoms. The van der Waals surface area contributed by atoms with Crippen LogP contribution in [0.15, 0.2) is 89.6 Å². The van der Waals surface area contributed by atoms with Crippen LogP contribution in [-0.4, -0.2) is 0 Å². The summed E-state index contributed by atoms with van der Waals surface area (Å²) in [5.41, 5.74) is 6.55. The van der Waals surface area contributed by atoms with E-state index in [4.69, 9.17) is 0 Å². The molecule has 0 amide bonds. The van der Waals surface area contributed by atoms with Crippen LogP contribution in [0.4, 0.5) is 0 Å². The average Bonchev–Trinajstić information content (AvgIpc) is 3.67. The number of hydrogen-bond donors (Lipinski definition) is 0. The van der Waals surface area contributed by atoms with Crippen molar-refractivity contribution in [3.63, 3.8) is 0 Å². The van der Waals surface area contributed by atoms with Gasteiger partial charge in [0, 0.05) is 0 Å². The molecule has 0 aromatic heterocycles. The molecule has 2 unspecified atom stereocenters. The summed E-state index contributed by atoms with van der Waals surface area (Å²) < 4.78 is 4.55. The Kier molecular flexibility index (Phi) is 18.7. The Morgan fingerprint density at radius 3 is 1.40 bits per heavy atom. The predicted molar refractivity (Wildman–Crippen MR) is 176 cm³/mol. The molecule has 0 spiro atoms. The molecule has 0 aromatic rings. The molecular weight excluding hydrogens is 686 g/mol. The van der Waals surface area contributed by atoms with Gasteiger partial charge in [-0.05, 0) is 0 Å². The van der Waals surface area contributed by atoms with Gasteiger partial charge in [-0.1, -0.05) is 0 Å². The minimum atomic E-state index is -0.575. The number of unbranched alkanes of at least 4 members (excludes halogenated alkanes) is 2. The van der Waals surface area contributed by atoms with Gasteiger partial charge >= 0.3 is 261 Å². The normalized spacial score (nSPS) is 24.1. The Balaban J connectivity index is 0.000000381.